The molecule has 0 fully saturated rings. The van der Waals surface area contributed by atoms with E-state index in [0.717, 1.165) is 5.56 Å². The predicted octanol–water partition coefficient (Wildman–Crippen LogP) is 2.89. The van der Waals surface area contributed by atoms with Crippen LogP contribution in [-0.2, 0) is 6.61 Å². The van der Waals surface area contributed by atoms with E-state index in [2.05, 4.69) is 0 Å². The van der Waals surface area contributed by atoms with Crippen LogP contribution in [0.4, 0.5) is 0 Å². The second-order valence-corrected chi connectivity index (χ2v) is 4.51. The van der Waals surface area contributed by atoms with Gasteiger partial charge in [-0.25, -0.2) is 0 Å². The van der Waals surface area contributed by atoms with Crippen molar-refractivity contribution in [3.8, 4) is 11.8 Å². The molecule has 0 atom stereocenters. The number of benzene rings is 2. The number of nitriles is 1. The molecule has 0 radical (unpaired) electrons. The van der Waals surface area contributed by atoms with Gasteiger partial charge >= 0.3 is 0 Å². The van der Waals surface area contributed by atoms with Gasteiger partial charge in [0.25, 0.3) is 0 Å². The van der Waals surface area contributed by atoms with Crippen LogP contribution in [0.5, 0.6) is 5.75 Å². The second-order valence-electron chi connectivity index (χ2n) is 4.11. The molecule has 0 unspecified atom stereocenters. The van der Waals surface area contributed by atoms with Crippen molar-refractivity contribution in [3.05, 3.63) is 64.2 Å². The molecule has 0 aliphatic heterocycles. The molecule has 2 aromatic carbocycles. The third kappa shape index (κ3) is 3.28. The molecule has 1 amide bonds. The SMILES string of the molecule is N#Cc1ccc(OCc2ccc(C(N)=O)cc2)c(Cl)c1. The van der Waals surface area contributed by atoms with Crippen molar-refractivity contribution in [2.75, 3.05) is 0 Å². The number of nitrogens with zero attached hydrogens (tertiary/aromatic N) is 1. The summed E-state index contributed by atoms with van der Waals surface area (Å²) in [5, 5.41) is 9.13. The Balaban J connectivity index is 2.05. The number of carbonyl (C=O) groups excluding carboxylic acids is 1. The highest BCUT2D eigenvalue weighted by atomic mass is 35.5. The van der Waals surface area contributed by atoms with Gasteiger partial charge in [0, 0.05) is 5.56 Å². The van der Waals surface area contributed by atoms with Crippen molar-refractivity contribution in [2.24, 2.45) is 5.73 Å². The molecule has 2 N–H and O–H groups in total. The van der Waals surface area contributed by atoms with Crippen molar-refractivity contribution in [3.63, 3.8) is 0 Å². The van der Waals surface area contributed by atoms with Crippen LogP contribution in [0.25, 0.3) is 0 Å². The van der Waals surface area contributed by atoms with E-state index >= 15 is 0 Å². The van der Waals surface area contributed by atoms with Crippen LogP contribution in [0.2, 0.25) is 5.02 Å². The Labute approximate surface area is 121 Å². The molecule has 100 valence electrons. The third-order valence-electron chi connectivity index (χ3n) is 2.69. The lowest BCUT2D eigenvalue weighted by molar-refractivity contribution is 0.1000. The lowest BCUT2D eigenvalue weighted by Crippen LogP contribution is -2.10. The first-order chi connectivity index (χ1) is 9.60. The first kappa shape index (κ1) is 13.9. The number of carbonyl (C=O) groups is 1. The Morgan fingerprint density at radius 2 is 1.95 bits per heavy atom. The average molecular weight is 287 g/mol. The Morgan fingerprint density at radius 3 is 2.50 bits per heavy atom. The second kappa shape index (κ2) is 6.09. The zero-order valence-electron chi connectivity index (χ0n) is 10.5. The zero-order valence-corrected chi connectivity index (χ0v) is 11.2. The molecule has 5 heteroatoms. The summed E-state index contributed by atoms with van der Waals surface area (Å²) in [5.74, 6) is 0.0391. The van der Waals surface area contributed by atoms with Crippen LogP contribution >= 0.6 is 11.6 Å². The Morgan fingerprint density at radius 1 is 1.25 bits per heavy atom. The van der Waals surface area contributed by atoms with Gasteiger partial charge in [0.05, 0.1) is 16.7 Å². The maximum absolute atomic E-state index is 10.9. The standard InChI is InChI=1S/C15H11ClN2O2/c16-13-7-11(8-17)3-6-14(13)20-9-10-1-4-12(5-2-10)15(18)19/h1-7H,9H2,(H2,18,19). The van der Waals surface area contributed by atoms with E-state index in [9.17, 15) is 4.79 Å². The first-order valence-electron chi connectivity index (χ1n) is 5.81. The lowest BCUT2D eigenvalue weighted by atomic mass is 10.1. The van der Waals surface area contributed by atoms with Crippen molar-refractivity contribution in [1.82, 2.24) is 0 Å². The number of hydrogen-bond donors (Lipinski definition) is 1. The number of hydrogen-bond acceptors (Lipinski definition) is 3. The molecule has 0 saturated heterocycles. The molecule has 4 nitrogen and oxygen atoms in total. The van der Waals surface area contributed by atoms with E-state index in [0.29, 0.717) is 28.5 Å². The zero-order chi connectivity index (χ0) is 14.5. The van der Waals surface area contributed by atoms with Gasteiger partial charge in [0.2, 0.25) is 5.91 Å². The summed E-state index contributed by atoms with van der Waals surface area (Å²) in [5.41, 5.74) is 6.98. The number of halogens is 1. The summed E-state index contributed by atoms with van der Waals surface area (Å²) in [4.78, 5) is 10.9. The first-order valence-corrected chi connectivity index (χ1v) is 6.19. The van der Waals surface area contributed by atoms with Crippen LogP contribution in [0, 0.1) is 11.3 Å². The van der Waals surface area contributed by atoms with Gasteiger partial charge in [-0.05, 0) is 35.9 Å². The van der Waals surface area contributed by atoms with Gasteiger partial charge in [-0.2, -0.15) is 5.26 Å². The van der Waals surface area contributed by atoms with Crippen molar-refractivity contribution in [1.29, 1.82) is 5.26 Å². The topological polar surface area (TPSA) is 76.1 Å². The minimum atomic E-state index is -0.465. The maximum atomic E-state index is 10.9. The largest absolute Gasteiger partial charge is 0.487 e. The fraction of sp³-hybridized carbons (Fsp3) is 0.0667. The highest BCUT2D eigenvalue weighted by molar-refractivity contribution is 6.32. The molecule has 0 saturated carbocycles. The average Bonchev–Trinajstić information content (AvgIpc) is 2.46. The summed E-state index contributed by atoms with van der Waals surface area (Å²) < 4.78 is 5.57. The molecule has 0 heterocycles. The quantitative estimate of drug-likeness (QED) is 0.939. The van der Waals surface area contributed by atoms with E-state index < -0.39 is 5.91 Å². The third-order valence-corrected chi connectivity index (χ3v) is 2.99. The van der Waals surface area contributed by atoms with Crippen molar-refractivity contribution >= 4 is 17.5 Å². The van der Waals surface area contributed by atoms with E-state index in [1.165, 1.54) is 0 Å². The fourth-order valence-corrected chi connectivity index (χ4v) is 1.85. The highest BCUT2D eigenvalue weighted by Gasteiger charge is 2.04. The summed E-state index contributed by atoms with van der Waals surface area (Å²) in [6.07, 6.45) is 0. The molecule has 2 aromatic rings. The monoisotopic (exact) mass is 286 g/mol. The van der Waals surface area contributed by atoms with E-state index in [4.69, 9.17) is 27.3 Å². The summed E-state index contributed by atoms with van der Waals surface area (Å²) >= 11 is 6.00. The molecular formula is C15H11ClN2O2. The van der Waals surface area contributed by atoms with Crippen LogP contribution < -0.4 is 10.5 Å². The van der Waals surface area contributed by atoms with Gasteiger partial charge in [-0.3, -0.25) is 4.79 Å². The minimum Gasteiger partial charge on any atom is -0.487 e. The maximum Gasteiger partial charge on any atom is 0.248 e. The van der Waals surface area contributed by atoms with Crippen LogP contribution in [0.3, 0.4) is 0 Å². The fourth-order valence-electron chi connectivity index (χ4n) is 1.61. The molecule has 20 heavy (non-hydrogen) atoms. The Bertz CT molecular complexity index is 675. The van der Waals surface area contributed by atoms with Crippen LogP contribution in [0.1, 0.15) is 21.5 Å². The van der Waals surface area contributed by atoms with Crippen molar-refractivity contribution < 1.29 is 9.53 Å². The lowest BCUT2D eigenvalue weighted by Gasteiger charge is -2.08. The van der Waals surface area contributed by atoms with Crippen molar-refractivity contribution in [2.45, 2.75) is 6.61 Å². The summed E-state index contributed by atoms with van der Waals surface area (Å²) in [7, 11) is 0. The van der Waals surface area contributed by atoms with Gasteiger partial charge in [-0.15, -0.1) is 0 Å². The van der Waals surface area contributed by atoms with E-state index in [-0.39, 0.29) is 0 Å². The molecule has 0 spiro atoms. The van der Waals surface area contributed by atoms with Crippen LogP contribution in [-0.4, -0.2) is 5.91 Å². The highest BCUT2D eigenvalue weighted by Crippen LogP contribution is 2.26. The smallest absolute Gasteiger partial charge is 0.248 e. The Hall–Kier alpha value is -2.51. The molecule has 0 bridgehead atoms. The van der Waals surface area contributed by atoms with Crippen LogP contribution in [0.15, 0.2) is 42.5 Å². The molecule has 0 aliphatic carbocycles. The van der Waals surface area contributed by atoms with Gasteiger partial charge in [-0.1, -0.05) is 23.7 Å². The van der Waals surface area contributed by atoms with E-state index in [1.54, 1.807) is 42.5 Å². The van der Waals surface area contributed by atoms with E-state index in [1.807, 2.05) is 6.07 Å². The summed E-state index contributed by atoms with van der Waals surface area (Å²) in [6, 6.07) is 13.6. The molecule has 0 aromatic heterocycles. The molecule has 0 aliphatic rings. The van der Waals surface area contributed by atoms with Gasteiger partial charge in [0.1, 0.15) is 12.4 Å². The minimum absolute atomic E-state index is 0.310. The molecule has 2 rings (SSSR count). The number of ether oxygens (including phenoxy) is 1. The van der Waals surface area contributed by atoms with Gasteiger partial charge < -0.3 is 10.5 Å². The molecular weight excluding hydrogens is 276 g/mol. The number of primary amides is 1. The summed E-state index contributed by atoms with van der Waals surface area (Å²) in [6.45, 7) is 0.310. The number of amides is 1. The normalized spacial score (nSPS) is 9.80. The number of nitrogens with two attached hydrogens (primary N) is 1. The van der Waals surface area contributed by atoms with Gasteiger partial charge in [0.15, 0.2) is 0 Å². The predicted molar refractivity (Wildman–Crippen MR) is 75.5 cm³/mol. The Kier molecular flexibility index (Phi) is 4.24. The number of rotatable bonds is 4.